The molecule has 2 aromatic carbocycles. The van der Waals surface area contributed by atoms with Crippen molar-refractivity contribution in [3.05, 3.63) is 42.0 Å². The minimum absolute atomic E-state index is 0. The molecule has 1 heterocycles. The Bertz CT molecular complexity index is 767. The lowest BCUT2D eigenvalue weighted by Gasteiger charge is -2.10. The summed E-state index contributed by atoms with van der Waals surface area (Å²) in [6, 6.07) is 11.3. The number of rotatable bonds is 7. The van der Waals surface area contributed by atoms with Gasteiger partial charge in [-0.2, -0.15) is 0 Å². The number of aryl methyl sites for hydroxylation is 1. The predicted molar refractivity (Wildman–Crippen MR) is 103 cm³/mol. The summed E-state index contributed by atoms with van der Waals surface area (Å²) in [6.45, 7) is 2.79. The average Bonchev–Trinajstić information content (AvgIpc) is 3.02. The number of anilines is 2. The van der Waals surface area contributed by atoms with Crippen LogP contribution in [0.1, 0.15) is 24.8 Å². The van der Waals surface area contributed by atoms with Crippen LogP contribution in [0.3, 0.4) is 0 Å². The van der Waals surface area contributed by atoms with Crippen molar-refractivity contribution >= 4 is 29.7 Å². The highest BCUT2D eigenvalue weighted by atomic mass is 35.5. The van der Waals surface area contributed by atoms with E-state index in [1.807, 2.05) is 31.2 Å². The Kier molecular flexibility index (Phi) is 6.97. The van der Waals surface area contributed by atoms with Crippen LogP contribution in [0.5, 0.6) is 17.2 Å². The van der Waals surface area contributed by atoms with Crippen LogP contribution in [-0.2, 0) is 4.79 Å². The van der Waals surface area contributed by atoms with E-state index in [1.165, 1.54) is 0 Å². The fourth-order valence-electron chi connectivity index (χ4n) is 2.56. The van der Waals surface area contributed by atoms with Gasteiger partial charge in [-0.3, -0.25) is 4.79 Å². The van der Waals surface area contributed by atoms with Crippen molar-refractivity contribution in [2.75, 3.05) is 24.5 Å². The SMILES string of the molecule is Cc1cccc(OCCCCC(=O)Nc2cc3c(cc2N)OCO3)c1.Cl. The number of hydrogen-bond acceptors (Lipinski definition) is 5. The van der Waals surface area contributed by atoms with Crippen molar-refractivity contribution in [1.29, 1.82) is 0 Å². The van der Waals surface area contributed by atoms with Gasteiger partial charge in [0.25, 0.3) is 0 Å². The highest BCUT2D eigenvalue weighted by molar-refractivity contribution is 5.94. The van der Waals surface area contributed by atoms with Crippen LogP contribution in [0.25, 0.3) is 0 Å². The summed E-state index contributed by atoms with van der Waals surface area (Å²) < 4.78 is 16.2. The summed E-state index contributed by atoms with van der Waals surface area (Å²) in [4.78, 5) is 12.1. The third kappa shape index (κ3) is 5.20. The Morgan fingerprint density at radius 3 is 2.73 bits per heavy atom. The van der Waals surface area contributed by atoms with Crippen LogP contribution in [0.2, 0.25) is 0 Å². The van der Waals surface area contributed by atoms with E-state index in [0.29, 0.717) is 35.9 Å². The van der Waals surface area contributed by atoms with Crippen molar-refractivity contribution in [3.8, 4) is 17.2 Å². The van der Waals surface area contributed by atoms with Gasteiger partial charge in [0.2, 0.25) is 12.7 Å². The number of carbonyl (C=O) groups excluding carboxylic acids is 1. The number of carbonyl (C=O) groups is 1. The molecule has 1 aliphatic heterocycles. The molecule has 0 unspecified atom stereocenters. The first-order chi connectivity index (χ1) is 12.1. The minimum atomic E-state index is -0.0823. The maximum atomic E-state index is 12.1. The third-order valence-corrected chi connectivity index (χ3v) is 3.88. The van der Waals surface area contributed by atoms with Crippen molar-refractivity contribution in [2.45, 2.75) is 26.2 Å². The first-order valence-electron chi connectivity index (χ1n) is 8.30. The highest BCUT2D eigenvalue weighted by Gasteiger charge is 2.17. The van der Waals surface area contributed by atoms with E-state index in [4.69, 9.17) is 19.9 Å². The fourth-order valence-corrected chi connectivity index (χ4v) is 2.56. The summed E-state index contributed by atoms with van der Waals surface area (Å²) in [7, 11) is 0. The molecule has 6 nitrogen and oxygen atoms in total. The molecular formula is C19H23ClN2O4. The van der Waals surface area contributed by atoms with Crippen LogP contribution in [-0.4, -0.2) is 19.3 Å². The summed E-state index contributed by atoms with van der Waals surface area (Å²) in [6.07, 6.45) is 1.95. The summed E-state index contributed by atoms with van der Waals surface area (Å²) in [5, 5.41) is 2.82. The zero-order chi connectivity index (χ0) is 17.6. The van der Waals surface area contributed by atoms with Crippen LogP contribution in [0.4, 0.5) is 11.4 Å². The van der Waals surface area contributed by atoms with E-state index in [-0.39, 0.29) is 25.1 Å². The van der Waals surface area contributed by atoms with Gasteiger partial charge in [-0.15, -0.1) is 12.4 Å². The number of ether oxygens (including phenoxy) is 3. The summed E-state index contributed by atoms with van der Waals surface area (Å²) in [5.41, 5.74) is 8.09. The summed E-state index contributed by atoms with van der Waals surface area (Å²) >= 11 is 0. The van der Waals surface area contributed by atoms with E-state index < -0.39 is 0 Å². The van der Waals surface area contributed by atoms with Gasteiger partial charge in [0.15, 0.2) is 11.5 Å². The first kappa shape index (κ1) is 19.7. The number of unbranched alkanes of at least 4 members (excludes halogenated alkanes) is 1. The number of benzene rings is 2. The Hall–Kier alpha value is -2.60. The molecule has 0 spiro atoms. The molecular weight excluding hydrogens is 356 g/mol. The van der Waals surface area contributed by atoms with Gasteiger partial charge in [0, 0.05) is 18.6 Å². The maximum Gasteiger partial charge on any atom is 0.231 e. The molecule has 0 atom stereocenters. The van der Waals surface area contributed by atoms with Crippen molar-refractivity contribution in [3.63, 3.8) is 0 Å². The zero-order valence-electron chi connectivity index (χ0n) is 14.6. The number of amides is 1. The molecule has 0 fully saturated rings. The number of fused-ring (bicyclic) bond motifs is 1. The average molecular weight is 379 g/mol. The largest absolute Gasteiger partial charge is 0.494 e. The molecule has 1 amide bonds. The second-order valence-electron chi connectivity index (χ2n) is 5.96. The Morgan fingerprint density at radius 1 is 1.19 bits per heavy atom. The molecule has 0 saturated heterocycles. The van der Waals surface area contributed by atoms with E-state index >= 15 is 0 Å². The van der Waals surface area contributed by atoms with Crippen molar-refractivity contribution in [1.82, 2.24) is 0 Å². The molecule has 140 valence electrons. The molecule has 7 heteroatoms. The topological polar surface area (TPSA) is 82.8 Å². The molecule has 0 aromatic heterocycles. The van der Waals surface area contributed by atoms with Gasteiger partial charge in [-0.1, -0.05) is 12.1 Å². The molecule has 0 aliphatic carbocycles. The quantitative estimate of drug-likeness (QED) is 0.563. The molecule has 2 aromatic rings. The zero-order valence-corrected chi connectivity index (χ0v) is 15.4. The van der Waals surface area contributed by atoms with Crippen LogP contribution in [0.15, 0.2) is 36.4 Å². The number of hydrogen-bond donors (Lipinski definition) is 2. The monoisotopic (exact) mass is 378 g/mol. The number of nitrogen functional groups attached to an aromatic ring is 1. The van der Waals surface area contributed by atoms with Crippen LogP contribution in [0, 0.1) is 6.92 Å². The van der Waals surface area contributed by atoms with E-state index in [2.05, 4.69) is 5.32 Å². The van der Waals surface area contributed by atoms with E-state index in [1.54, 1.807) is 12.1 Å². The van der Waals surface area contributed by atoms with E-state index in [0.717, 1.165) is 24.2 Å². The Balaban J connectivity index is 0.00000243. The van der Waals surface area contributed by atoms with Gasteiger partial charge >= 0.3 is 0 Å². The molecule has 0 saturated carbocycles. The fraction of sp³-hybridized carbons (Fsp3) is 0.316. The predicted octanol–water partition coefficient (Wildman–Crippen LogP) is 3.92. The number of halogens is 1. The maximum absolute atomic E-state index is 12.1. The third-order valence-electron chi connectivity index (χ3n) is 3.88. The first-order valence-corrected chi connectivity index (χ1v) is 8.30. The van der Waals surface area contributed by atoms with Crippen molar-refractivity contribution in [2.24, 2.45) is 0 Å². The lowest BCUT2D eigenvalue weighted by Crippen LogP contribution is -2.13. The van der Waals surface area contributed by atoms with Crippen LogP contribution < -0.4 is 25.3 Å². The Labute approximate surface area is 159 Å². The number of nitrogens with one attached hydrogen (secondary N) is 1. The number of nitrogens with two attached hydrogens (primary N) is 1. The molecule has 0 radical (unpaired) electrons. The molecule has 26 heavy (non-hydrogen) atoms. The molecule has 3 rings (SSSR count). The molecule has 3 N–H and O–H groups in total. The minimum Gasteiger partial charge on any atom is -0.494 e. The van der Waals surface area contributed by atoms with Crippen molar-refractivity contribution < 1.29 is 19.0 Å². The standard InChI is InChI=1S/C19H22N2O4.ClH/c1-13-5-4-6-14(9-13)23-8-3-2-7-19(22)21-16-11-18-17(10-15(16)20)24-12-25-18;/h4-6,9-11H,2-3,7-8,12,20H2,1H3,(H,21,22);1H. The van der Waals surface area contributed by atoms with Gasteiger partial charge in [-0.25, -0.2) is 0 Å². The van der Waals surface area contributed by atoms with Gasteiger partial charge in [-0.05, 0) is 37.5 Å². The van der Waals surface area contributed by atoms with Gasteiger partial charge in [0.05, 0.1) is 18.0 Å². The highest BCUT2D eigenvalue weighted by Crippen LogP contribution is 2.38. The van der Waals surface area contributed by atoms with E-state index in [9.17, 15) is 4.79 Å². The molecule has 1 aliphatic rings. The lowest BCUT2D eigenvalue weighted by molar-refractivity contribution is -0.116. The normalized spacial score (nSPS) is 11.6. The Morgan fingerprint density at radius 2 is 1.96 bits per heavy atom. The second kappa shape index (κ2) is 9.20. The second-order valence-corrected chi connectivity index (χ2v) is 5.96. The van der Waals surface area contributed by atoms with Gasteiger partial charge in [0.1, 0.15) is 5.75 Å². The van der Waals surface area contributed by atoms with Gasteiger partial charge < -0.3 is 25.3 Å². The molecule has 0 bridgehead atoms. The smallest absolute Gasteiger partial charge is 0.231 e. The lowest BCUT2D eigenvalue weighted by atomic mass is 10.2. The summed E-state index contributed by atoms with van der Waals surface area (Å²) in [5.74, 6) is 1.97. The van der Waals surface area contributed by atoms with Crippen LogP contribution >= 0.6 is 12.4 Å².